The number of hydrogen-bond donors (Lipinski definition) is 0. The van der Waals surface area contributed by atoms with E-state index in [2.05, 4.69) is 121 Å². The highest BCUT2D eigenvalue weighted by Gasteiger charge is 2.25. The largest absolute Gasteiger partial charge is 0.310 e. The van der Waals surface area contributed by atoms with E-state index in [1.165, 1.54) is 65.8 Å². The summed E-state index contributed by atoms with van der Waals surface area (Å²) in [5, 5.41) is 0. The highest BCUT2D eigenvalue weighted by atomic mass is 32.2. The first-order valence-electron chi connectivity index (χ1n) is 12.2. The lowest BCUT2D eigenvalue weighted by Crippen LogP contribution is -2.09. The first-order chi connectivity index (χ1) is 17.2. The molecular weight excluding hydrogens is 442 g/mol. The van der Waals surface area contributed by atoms with Gasteiger partial charge in [-0.3, -0.25) is 0 Å². The predicted molar refractivity (Wildman–Crippen MR) is 147 cm³/mol. The Labute approximate surface area is 211 Å². The average molecular weight is 468 g/mol. The van der Waals surface area contributed by atoms with E-state index < -0.39 is 0 Å². The number of anilines is 3. The van der Waals surface area contributed by atoms with Crippen LogP contribution in [0.2, 0.25) is 0 Å². The van der Waals surface area contributed by atoms with Crippen molar-refractivity contribution in [1.82, 2.24) is 0 Å². The van der Waals surface area contributed by atoms with E-state index in [-0.39, 0.29) is 0 Å². The summed E-state index contributed by atoms with van der Waals surface area (Å²) in [6.07, 6.45) is 2.04. The quantitative estimate of drug-likeness (QED) is 0.255. The fourth-order valence-electron chi connectivity index (χ4n) is 5.45. The molecule has 5 aromatic carbocycles. The minimum absolute atomic E-state index is 1.01. The van der Waals surface area contributed by atoms with Gasteiger partial charge < -0.3 is 4.90 Å². The molecule has 0 amide bonds. The first kappa shape index (κ1) is 20.6. The molecule has 5 aromatic rings. The summed E-state index contributed by atoms with van der Waals surface area (Å²) >= 11 is 1.93. The van der Waals surface area contributed by atoms with E-state index >= 15 is 0 Å². The maximum atomic E-state index is 2.46. The summed E-state index contributed by atoms with van der Waals surface area (Å²) in [5.74, 6) is 0. The molecule has 1 heterocycles. The summed E-state index contributed by atoms with van der Waals surface area (Å²) in [7, 11) is 0. The van der Waals surface area contributed by atoms with Crippen molar-refractivity contribution >= 4 is 28.8 Å². The highest BCUT2D eigenvalue weighted by molar-refractivity contribution is 7.99. The van der Waals surface area contributed by atoms with Crippen LogP contribution < -0.4 is 4.90 Å². The number of aryl methyl sites for hydroxylation is 1. The molecule has 0 saturated carbocycles. The van der Waals surface area contributed by atoms with Gasteiger partial charge in [-0.05, 0) is 107 Å². The smallest absolute Gasteiger partial charge is 0.0467 e. The second-order valence-electron chi connectivity index (χ2n) is 9.53. The van der Waals surface area contributed by atoms with E-state index in [0.29, 0.717) is 0 Å². The summed E-state index contributed by atoms with van der Waals surface area (Å²) in [4.78, 5) is 5.16. The second kappa shape index (κ2) is 8.18. The zero-order chi connectivity index (χ0) is 23.4. The van der Waals surface area contributed by atoms with Crippen molar-refractivity contribution in [3.05, 3.63) is 137 Å². The van der Waals surface area contributed by atoms with Gasteiger partial charge in [-0.2, -0.15) is 0 Å². The molecule has 0 unspecified atom stereocenters. The van der Waals surface area contributed by atoms with Crippen LogP contribution in [-0.2, 0) is 12.8 Å². The van der Waals surface area contributed by atoms with Gasteiger partial charge in [0, 0.05) is 26.9 Å². The van der Waals surface area contributed by atoms with Crippen molar-refractivity contribution in [2.75, 3.05) is 4.90 Å². The molecule has 0 aromatic heterocycles. The maximum Gasteiger partial charge on any atom is 0.0467 e. The van der Waals surface area contributed by atoms with Gasteiger partial charge >= 0.3 is 0 Å². The Bertz CT molecular complexity index is 1530. The minimum Gasteiger partial charge on any atom is -0.310 e. The van der Waals surface area contributed by atoms with Crippen LogP contribution >= 0.6 is 11.8 Å². The first-order valence-corrected chi connectivity index (χ1v) is 13.0. The molecule has 0 spiro atoms. The Morgan fingerprint density at radius 1 is 0.514 bits per heavy atom. The summed E-state index contributed by atoms with van der Waals surface area (Å²) < 4.78 is 0. The fourth-order valence-corrected chi connectivity index (χ4v) is 6.64. The van der Waals surface area contributed by atoms with Crippen LogP contribution in [0.15, 0.2) is 119 Å². The predicted octanol–water partition coefficient (Wildman–Crippen LogP) is 9.09. The van der Waals surface area contributed by atoms with E-state index in [1.807, 2.05) is 11.8 Å². The molecule has 0 bridgehead atoms. The van der Waals surface area contributed by atoms with E-state index in [1.54, 1.807) is 0 Å². The van der Waals surface area contributed by atoms with Crippen molar-refractivity contribution in [3.63, 3.8) is 0 Å². The van der Waals surface area contributed by atoms with Gasteiger partial charge in [0.15, 0.2) is 0 Å². The summed E-state index contributed by atoms with van der Waals surface area (Å²) in [5.41, 5.74) is 13.4. The molecule has 0 atom stereocenters. The minimum atomic E-state index is 1.01. The third-order valence-corrected chi connectivity index (χ3v) is 8.36. The third kappa shape index (κ3) is 3.57. The molecule has 1 aliphatic carbocycles. The average Bonchev–Trinajstić information content (AvgIpc) is 3.24. The van der Waals surface area contributed by atoms with Crippen LogP contribution in [0, 0.1) is 6.92 Å². The number of nitrogens with zero attached hydrogens (tertiary/aromatic N) is 1. The zero-order valence-electron chi connectivity index (χ0n) is 19.7. The number of hydrogen-bond acceptors (Lipinski definition) is 2. The summed E-state index contributed by atoms with van der Waals surface area (Å²) in [6, 6.07) is 40.1. The van der Waals surface area contributed by atoms with Gasteiger partial charge in [-0.1, -0.05) is 72.4 Å². The SMILES string of the molecule is Cc1ccc2c(c1)Sc1cc3c(cc1C2)Cc1ccc(N(c2ccccc2)c2ccccc2)cc1-3. The lowest BCUT2D eigenvalue weighted by Gasteiger charge is -2.26. The number of rotatable bonds is 3. The summed E-state index contributed by atoms with van der Waals surface area (Å²) in [6.45, 7) is 2.18. The van der Waals surface area contributed by atoms with Gasteiger partial charge in [-0.25, -0.2) is 0 Å². The van der Waals surface area contributed by atoms with Gasteiger partial charge in [0.05, 0.1) is 0 Å². The molecule has 2 aliphatic rings. The molecular formula is C33H25NS. The maximum absolute atomic E-state index is 2.46. The van der Waals surface area contributed by atoms with Crippen molar-refractivity contribution in [2.45, 2.75) is 29.6 Å². The van der Waals surface area contributed by atoms with Crippen LogP contribution in [0.3, 0.4) is 0 Å². The standard InChI is InChI=1S/C33H25NS/c1-22-12-13-24-18-26-19-25-17-23-14-15-29(20-30(23)31(25)21-33(26)35-32(24)16-22)34(27-8-4-2-5-9-27)28-10-6-3-7-11-28/h2-16,19-21H,17-18H2,1H3. The van der Waals surface area contributed by atoms with Crippen molar-refractivity contribution in [3.8, 4) is 11.1 Å². The lowest BCUT2D eigenvalue weighted by atomic mass is 9.98. The monoisotopic (exact) mass is 467 g/mol. The van der Waals surface area contributed by atoms with Crippen molar-refractivity contribution in [2.24, 2.45) is 0 Å². The number of benzene rings is 5. The van der Waals surface area contributed by atoms with Gasteiger partial charge in [0.1, 0.15) is 0 Å². The third-order valence-electron chi connectivity index (χ3n) is 7.16. The molecule has 2 heteroatoms. The number of para-hydroxylation sites is 2. The number of fused-ring (bicyclic) bond motifs is 5. The molecule has 0 N–H and O–H groups in total. The zero-order valence-corrected chi connectivity index (χ0v) is 20.5. The topological polar surface area (TPSA) is 3.24 Å². The molecule has 1 aliphatic heterocycles. The van der Waals surface area contributed by atoms with Gasteiger partial charge in [0.2, 0.25) is 0 Å². The Morgan fingerprint density at radius 3 is 1.89 bits per heavy atom. The Hall–Kier alpha value is -3.75. The molecule has 168 valence electrons. The molecule has 0 radical (unpaired) electrons. The van der Waals surface area contributed by atoms with Crippen molar-refractivity contribution in [1.29, 1.82) is 0 Å². The Morgan fingerprint density at radius 2 is 1.14 bits per heavy atom. The molecule has 7 rings (SSSR count). The fraction of sp³-hybridized carbons (Fsp3) is 0.0909. The van der Waals surface area contributed by atoms with Gasteiger partial charge in [-0.15, -0.1) is 0 Å². The van der Waals surface area contributed by atoms with Crippen LogP contribution in [0.5, 0.6) is 0 Å². The van der Waals surface area contributed by atoms with Crippen LogP contribution in [0.1, 0.15) is 27.8 Å². The van der Waals surface area contributed by atoms with Crippen LogP contribution in [-0.4, -0.2) is 0 Å². The second-order valence-corrected chi connectivity index (χ2v) is 10.6. The van der Waals surface area contributed by atoms with E-state index in [9.17, 15) is 0 Å². The van der Waals surface area contributed by atoms with Crippen molar-refractivity contribution < 1.29 is 0 Å². The molecule has 35 heavy (non-hydrogen) atoms. The molecule has 0 saturated heterocycles. The Balaban J connectivity index is 1.33. The molecule has 1 nitrogen and oxygen atoms in total. The molecule has 0 fully saturated rings. The van der Waals surface area contributed by atoms with Crippen LogP contribution in [0.4, 0.5) is 17.1 Å². The van der Waals surface area contributed by atoms with E-state index in [4.69, 9.17) is 0 Å². The van der Waals surface area contributed by atoms with Crippen LogP contribution in [0.25, 0.3) is 11.1 Å². The Kier molecular flexibility index (Phi) is 4.82. The van der Waals surface area contributed by atoms with Gasteiger partial charge in [0.25, 0.3) is 0 Å². The lowest BCUT2D eigenvalue weighted by molar-refractivity contribution is 1.04. The normalized spacial score (nSPS) is 12.9. The highest BCUT2D eigenvalue weighted by Crippen LogP contribution is 2.47. The van der Waals surface area contributed by atoms with E-state index in [0.717, 1.165) is 12.8 Å².